The number of esters is 1. The fourth-order valence-corrected chi connectivity index (χ4v) is 5.57. The van der Waals surface area contributed by atoms with Gasteiger partial charge in [-0.1, -0.05) is 53.3 Å². The molecular formula is C28H25ClN2O4S. The van der Waals surface area contributed by atoms with E-state index in [2.05, 4.69) is 4.99 Å². The zero-order valence-corrected chi connectivity index (χ0v) is 21.9. The fourth-order valence-electron chi connectivity index (χ4n) is 4.39. The number of ether oxygens (including phenoxy) is 2. The predicted molar refractivity (Wildman–Crippen MR) is 142 cm³/mol. The molecule has 8 heteroatoms. The van der Waals surface area contributed by atoms with E-state index in [9.17, 15) is 9.59 Å². The summed E-state index contributed by atoms with van der Waals surface area (Å²) in [5, 5.41) is 0.566. The highest BCUT2D eigenvalue weighted by Gasteiger charge is 2.34. The topological polar surface area (TPSA) is 69.9 Å². The van der Waals surface area contributed by atoms with Crippen LogP contribution in [0.2, 0.25) is 5.02 Å². The zero-order chi connectivity index (χ0) is 25.6. The molecule has 0 bridgehead atoms. The van der Waals surface area contributed by atoms with E-state index in [0.717, 1.165) is 22.4 Å². The van der Waals surface area contributed by atoms with E-state index in [-0.39, 0.29) is 17.8 Å². The summed E-state index contributed by atoms with van der Waals surface area (Å²) in [7, 11) is 0. The van der Waals surface area contributed by atoms with Gasteiger partial charge in [0, 0.05) is 10.6 Å². The van der Waals surface area contributed by atoms with Crippen molar-refractivity contribution in [3.63, 3.8) is 0 Å². The van der Waals surface area contributed by atoms with Crippen LogP contribution in [-0.4, -0.2) is 22.7 Å². The van der Waals surface area contributed by atoms with Gasteiger partial charge in [-0.15, -0.1) is 0 Å². The molecule has 2 aromatic carbocycles. The lowest BCUT2D eigenvalue weighted by molar-refractivity contribution is -0.143. The Balaban J connectivity index is 1.69. The Labute approximate surface area is 217 Å². The number of carbonyl (C=O) groups excluding carboxylic acids is 1. The molecular weight excluding hydrogens is 496 g/mol. The molecule has 0 N–H and O–H groups in total. The van der Waals surface area contributed by atoms with Crippen molar-refractivity contribution >= 4 is 41.1 Å². The molecule has 0 spiro atoms. The molecule has 0 amide bonds. The van der Waals surface area contributed by atoms with Crippen LogP contribution < -0.4 is 19.6 Å². The summed E-state index contributed by atoms with van der Waals surface area (Å²) >= 11 is 7.42. The van der Waals surface area contributed by atoms with Crippen molar-refractivity contribution in [3.05, 3.63) is 101 Å². The van der Waals surface area contributed by atoms with Gasteiger partial charge in [-0.2, -0.15) is 0 Å². The van der Waals surface area contributed by atoms with Gasteiger partial charge in [-0.25, -0.2) is 9.79 Å². The summed E-state index contributed by atoms with van der Waals surface area (Å²) in [4.78, 5) is 32.1. The first-order valence-electron chi connectivity index (χ1n) is 11.7. The van der Waals surface area contributed by atoms with Crippen molar-refractivity contribution in [2.45, 2.75) is 45.9 Å². The van der Waals surface area contributed by atoms with Crippen LogP contribution in [0.3, 0.4) is 0 Å². The number of hydrogen-bond donors (Lipinski definition) is 0. The molecule has 0 saturated carbocycles. The maximum atomic E-state index is 13.8. The molecule has 6 nitrogen and oxygen atoms in total. The van der Waals surface area contributed by atoms with E-state index in [1.54, 1.807) is 37.5 Å². The lowest BCUT2D eigenvalue weighted by Crippen LogP contribution is -2.40. The molecule has 0 saturated heterocycles. The zero-order valence-electron chi connectivity index (χ0n) is 20.3. The van der Waals surface area contributed by atoms with Gasteiger partial charge in [0.05, 0.1) is 27.9 Å². The smallest absolute Gasteiger partial charge is 0.338 e. The van der Waals surface area contributed by atoms with Crippen molar-refractivity contribution in [2.75, 3.05) is 0 Å². The van der Waals surface area contributed by atoms with E-state index in [1.165, 1.54) is 11.3 Å². The molecule has 2 aliphatic rings. The van der Waals surface area contributed by atoms with Gasteiger partial charge in [0.1, 0.15) is 11.9 Å². The van der Waals surface area contributed by atoms with Gasteiger partial charge in [-0.3, -0.25) is 9.36 Å². The van der Waals surface area contributed by atoms with Crippen LogP contribution in [-0.2, 0) is 9.53 Å². The van der Waals surface area contributed by atoms with Crippen LogP contribution in [0.25, 0.3) is 12.2 Å². The number of thiazole rings is 1. The highest BCUT2D eigenvalue weighted by molar-refractivity contribution is 7.07. The first kappa shape index (κ1) is 24.3. The summed E-state index contributed by atoms with van der Waals surface area (Å²) in [6.07, 6.45) is 3.36. The third kappa shape index (κ3) is 4.45. The van der Waals surface area contributed by atoms with Crippen molar-refractivity contribution in [1.29, 1.82) is 0 Å². The van der Waals surface area contributed by atoms with Crippen LogP contribution >= 0.6 is 22.9 Å². The Morgan fingerprint density at radius 2 is 1.92 bits per heavy atom. The van der Waals surface area contributed by atoms with Crippen molar-refractivity contribution in [1.82, 2.24) is 4.57 Å². The molecule has 2 atom stereocenters. The van der Waals surface area contributed by atoms with Gasteiger partial charge >= 0.3 is 5.97 Å². The summed E-state index contributed by atoms with van der Waals surface area (Å²) in [5.74, 6) is 0.323. The molecule has 3 heterocycles. The number of allylic oxidation sites excluding steroid dienone is 1. The highest BCUT2D eigenvalue weighted by atomic mass is 35.5. The Kier molecular flexibility index (Phi) is 6.45. The first-order valence-corrected chi connectivity index (χ1v) is 12.9. The minimum atomic E-state index is -0.679. The van der Waals surface area contributed by atoms with E-state index >= 15 is 0 Å². The molecule has 0 aliphatic carbocycles. The van der Waals surface area contributed by atoms with Crippen LogP contribution in [0.5, 0.6) is 5.75 Å². The minimum Gasteiger partial charge on any atom is -0.485 e. The SMILES string of the molecule is CC1=C(C(=O)OC(C)C)C(c2ccc(Cl)cc2)n2c(s/c(=C\C3=Cc4ccccc4OC3C)c2=O)=N1. The normalized spacial score (nSPS) is 19.3. The minimum absolute atomic E-state index is 0.219. The summed E-state index contributed by atoms with van der Waals surface area (Å²) in [6.45, 7) is 7.31. The van der Waals surface area contributed by atoms with E-state index in [4.69, 9.17) is 21.1 Å². The van der Waals surface area contributed by atoms with E-state index in [0.29, 0.717) is 25.6 Å². The summed E-state index contributed by atoms with van der Waals surface area (Å²) in [5.41, 5.74) is 3.23. The molecule has 5 rings (SSSR count). The Morgan fingerprint density at radius 1 is 1.19 bits per heavy atom. The largest absolute Gasteiger partial charge is 0.485 e. The van der Waals surface area contributed by atoms with Crippen LogP contribution in [0.4, 0.5) is 0 Å². The summed E-state index contributed by atoms with van der Waals surface area (Å²) in [6, 6.07) is 14.3. The quantitative estimate of drug-likeness (QED) is 0.469. The van der Waals surface area contributed by atoms with Crippen molar-refractivity contribution in [3.8, 4) is 5.75 Å². The van der Waals surface area contributed by atoms with Crippen LogP contribution in [0.15, 0.2) is 75.2 Å². The third-order valence-electron chi connectivity index (χ3n) is 6.08. The number of hydrogen-bond acceptors (Lipinski definition) is 6. The molecule has 3 aromatic rings. The number of fused-ring (bicyclic) bond motifs is 2. The molecule has 0 radical (unpaired) electrons. The number of aromatic nitrogens is 1. The van der Waals surface area contributed by atoms with Crippen molar-refractivity contribution < 1.29 is 14.3 Å². The maximum absolute atomic E-state index is 13.8. The number of halogens is 1. The van der Waals surface area contributed by atoms with Gasteiger partial charge < -0.3 is 9.47 Å². The van der Waals surface area contributed by atoms with E-state index in [1.807, 2.05) is 55.5 Å². The van der Waals surface area contributed by atoms with Crippen LogP contribution in [0, 0.1) is 0 Å². The predicted octanol–water partition coefficient (Wildman–Crippen LogP) is 4.66. The van der Waals surface area contributed by atoms with Gasteiger partial charge in [-0.05, 0) is 69.2 Å². The molecule has 1 aromatic heterocycles. The maximum Gasteiger partial charge on any atom is 0.338 e. The number of benzene rings is 2. The monoisotopic (exact) mass is 520 g/mol. The molecule has 0 fully saturated rings. The Morgan fingerprint density at radius 3 is 2.64 bits per heavy atom. The average molecular weight is 521 g/mol. The standard InChI is InChI=1S/C28H25ClN2O4S/c1-15(2)34-27(33)24-16(3)30-28-31(25(24)18-9-11-21(29)12-10-18)26(32)23(36-28)14-20-13-19-7-5-6-8-22(19)35-17(20)4/h5-15,17,25H,1-4H3/b23-14-. The molecule has 36 heavy (non-hydrogen) atoms. The number of carbonyl (C=O) groups is 1. The second-order valence-corrected chi connectivity index (χ2v) is 10.5. The Hall–Kier alpha value is -3.42. The number of nitrogens with zero attached hydrogens (tertiary/aromatic N) is 2. The van der Waals surface area contributed by atoms with Crippen molar-refractivity contribution in [2.24, 2.45) is 4.99 Å². The molecule has 2 aliphatic heterocycles. The number of rotatable bonds is 4. The molecule has 184 valence electrons. The fraction of sp³-hybridized carbons (Fsp3) is 0.250. The number of para-hydroxylation sites is 1. The Bertz CT molecular complexity index is 1600. The highest BCUT2D eigenvalue weighted by Crippen LogP contribution is 2.32. The van der Waals surface area contributed by atoms with E-state index < -0.39 is 12.0 Å². The summed E-state index contributed by atoms with van der Waals surface area (Å²) < 4.78 is 13.7. The first-order chi connectivity index (χ1) is 17.2. The lowest BCUT2D eigenvalue weighted by atomic mass is 9.96. The third-order valence-corrected chi connectivity index (χ3v) is 7.32. The second-order valence-electron chi connectivity index (χ2n) is 9.03. The lowest BCUT2D eigenvalue weighted by Gasteiger charge is -2.25. The van der Waals surface area contributed by atoms with Gasteiger partial charge in [0.2, 0.25) is 0 Å². The average Bonchev–Trinajstić information content (AvgIpc) is 3.13. The van der Waals surface area contributed by atoms with Gasteiger partial charge in [0.15, 0.2) is 4.80 Å². The molecule has 2 unspecified atom stereocenters. The van der Waals surface area contributed by atoms with Gasteiger partial charge in [0.25, 0.3) is 5.56 Å². The van der Waals surface area contributed by atoms with Crippen LogP contribution in [0.1, 0.15) is 44.9 Å². The second kappa shape index (κ2) is 9.56.